The second kappa shape index (κ2) is 21.5. The minimum absolute atomic E-state index is 0.00293. The maximum atomic E-state index is 13.3. The Morgan fingerprint density at radius 1 is 0.833 bits per heavy atom. The standard InChI is InChI=1S/C38H54N4O10S2/c1-5-41(6-2)28-9-12-31-34(25-28)52-35-26-29(42(7-3)8-4)10-13-32(35)38(31)33-14-11-30(27-36(33)53(44)45)54(46,47)40-16-18-49-20-22-51-24-23-50-21-19-48-17-15-37(39)43/h9-14,25-28,40,53H,5-8,15-24H2,1-4H3,(H2,39,43). The summed E-state index contributed by atoms with van der Waals surface area (Å²) < 4.78 is 82.8. The normalized spacial score (nSPS) is 15.3. The van der Waals surface area contributed by atoms with E-state index in [0.717, 1.165) is 37.4 Å². The fourth-order valence-corrected chi connectivity index (χ4v) is 7.95. The van der Waals surface area contributed by atoms with Gasteiger partial charge < -0.3 is 34.3 Å². The number of carbonyl (C=O) groups is 1. The number of allylic oxidation sites excluding steroid dienone is 1. The van der Waals surface area contributed by atoms with E-state index in [1.54, 1.807) is 6.07 Å². The molecule has 1 atom stereocenters. The van der Waals surface area contributed by atoms with Gasteiger partial charge in [-0.05, 0) is 57.3 Å². The molecule has 2 aliphatic rings. The highest BCUT2D eigenvalue weighted by Gasteiger charge is 2.31. The minimum atomic E-state index is -4.07. The number of benzene rings is 2. The van der Waals surface area contributed by atoms with Crippen LogP contribution in [-0.4, -0.2) is 119 Å². The molecule has 298 valence electrons. The Morgan fingerprint density at radius 2 is 1.44 bits per heavy atom. The van der Waals surface area contributed by atoms with Crippen LogP contribution in [0, 0.1) is 0 Å². The molecule has 1 aliphatic carbocycles. The summed E-state index contributed by atoms with van der Waals surface area (Å²) in [4.78, 5) is 14.9. The third-order valence-corrected chi connectivity index (χ3v) is 11.2. The molecule has 2 aromatic rings. The topological polar surface area (TPSA) is 176 Å². The highest BCUT2D eigenvalue weighted by Crippen LogP contribution is 2.46. The quantitative estimate of drug-likeness (QED) is 0.0992. The van der Waals surface area contributed by atoms with Crippen LogP contribution in [0.1, 0.15) is 45.2 Å². The zero-order valence-corrected chi connectivity index (χ0v) is 33.3. The number of ether oxygens (including phenoxy) is 5. The Bertz CT molecular complexity index is 1840. The molecule has 16 heteroatoms. The number of hydrogen-bond donors (Lipinski definition) is 3. The van der Waals surface area contributed by atoms with Crippen molar-refractivity contribution in [3.05, 3.63) is 77.1 Å². The molecule has 3 N–H and O–H groups in total. The van der Waals surface area contributed by atoms with Crippen molar-refractivity contribution in [2.24, 2.45) is 5.73 Å². The van der Waals surface area contributed by atoms with Crippen LogP contribution in [0.4, 0.5) is 5.69 Å². The molecule has 0 bridgehead atoms. The first-order valence-electron chi connectivity index (χ1n) is 18.4. The fourth-order valence-electron chi connectivity index (χ4n) is 6.19. The number of nitrogens with two attached hydrogens (primary N) is 1. The van der Waals surface area contributed by atoms with Crippen LogP contribution >= 0.6 is 0 Å². The molecule has 1 aliphatic heterocycles. The average molecular weight is 791 g/mol. The summed E-state index contributed by atoms with van der Waals surface area (Å²) in [5.41, 5.74) is 8.51. The fraction of sp³-hybridized carbons (Fsp3) is 0.500. The van der Waals surface area contributed by atoms with E-state index >= 15 is 0 Å². The van der Waals surface area contributed by atoms with E-state index < -0.39 is 26.6 Å². The van der Waals surface area contributed by atoms with Crippen LogP contribution in [-0.2, 0) is 44.5 Å². The van der Waals surface area contributed by atoms with Gasteiger partial charge in [-0.2, -0.15) is 0 Å². The molecule has 4 rings (SSSR count). The largest absolute Gasteiger partial charge is 0.456 e. The molecule has 0 saturated carbocycles. The third kappa shape index (κ3) is 11.7. The number of carbonyl (C=O) groups excluding carboxylic acids is 1. The van der Waals surface area contributed by atoms with E-state index in [-0.39, 0.29) is 55.2 Å². The van der Waals surface area contributed by atoms with Gasteiger partial charge in [0.25, 0.3) is 0 Å². The van der Waals surface area contributed by atoms with Gasteiger partial charge in [0.2, 0.25) is 15.9 Å². The van der Waals surface area contributed by atoms with E-state index in [2.05, 4.69) is 48.3 Å². The van der Waals surface area contributed by atoms with Crippen LogP contribution in [0.25, 0.3) is 5.57 Å². The van der Waals surface area contributed by atoms with E-state index in [0.29, 0.717) is 54.6 Å². The lowest BCUT2D eigenvalue weighted by Gasteiger charge is -2.33. The van der Waals surface area contributed by atoms with Crippen molar-refractivity contribution >= 4 is 37.9 Å². The van der Waals surface area contributed by atoms with Gasteiger partial charge in [0.1, 0.15) is 11.5 Å². The first kappa shape index (κ1) is 43.1. The molecule has 0 aromatic heterocycles. The van der Waals surface area contributed by atoms with E-state index in [1.807, 2.05) is 30.4 Å². The number of rotatable bonds is 25. The molecule has 1 amide bonds. The van der Waals surface area contributed by atoms with Crippen LogP contribution in [0.15, 0.2) is 75.7 Å². The highest BCUT2D eigenvalue weighted by atomic mass is 32.2. The molecule has 0 saturated heterocycles. The van der Waals surface area contributed by atoms with Crippen molar-refractivity contribution in [1.82, 2.24) is 9.62 Å². The van der Waals surface area contributed by atoms with Gasteiger partial charge in [-0.15, -0.1) is 0 Å². The highest BCUT2D eigenvalue weighted by molar-refractivity contribution is 7.89. The Morgan fingerprint density at radius 3 is 2.04 bits per heavy atom. The number of primary amides is 1. The second-order valence-corrected chi connectivity index (χ2v) is 15.1. The Hall–Kier alpha value is -3.61. The predicted octanol–water partition coefficient (Wildman–Crippen LogP) is 3.08. The van der Waals surface area contributed by atoms with E-state index in [9.17, 15) is 21.6 Å². The van der Waals surface area contributed by atoms with Crippen molar-refractivity contribution in [3.63, 3.8) is 0 Å². The Labute approximate surface area is 320 Å². The first-order chi connectivity index (χ1) is 26.0. The number of nitrogens with zero attached hydrogens (tertiary/aromatic N) is 2. The number of likely N-dealkylation sites (N-methyl/N-ethyl adjacent to an activating group) is 1. The molecule has 54 heavy (non-hydrogen) atoms. The Kier molecular flexibility index (Phi) is 17.1. The Balaban J connectivity index is 1.43. The van der Waals surface area contributed by atoms with Crippen molar-refractivity contribution in [2.45, 2.75) is 49.9 Å². The number of amides is 1. The van der Waals surface area contributed by atoms with Crippen molar-refractivity contribution < 1.29 is 45.3 Å². The van der Waals surface area contributed by atoms with Crippen LogP contribution in [0.5, 0.6) is 5.75 Å². The van der Waals surface area contributed by atoms with Gasteiger partial charge in [-0.3, -0.25) is 9.69 Å². The molecule has 0 fully saturated rings. The average Bonchev–Trinajstić information content (AvgIpc) is 3.15. The maximum Gasteiger partial charge on any atom is 0.240 e. The zero-order valence-electron chi connectivity index (χ0n) is 31.6. The van der Waals surface area contributed by atoms with Gasteiger partial charge in [0.15, 0.2) is 10.7 Å². The summed E-state index contributed by atoms with van der Waals surface area (Å²) in [6.07, 6.45) is 6.26. The predicted molar refractivity (Wildman–Crippen MR) is 208 cm³/mol. The monoisotopic (exact) mass is 790 g/mol. The number of anilines is 1. The van der Waals surface area contributed by atoms with Gasteiger partial charge in [-0.1, -0.05) is 32.1 Å². The van der Waals surface area contributed by atoms with Crippen LogP contribution in [0.3, 0.4) is 0 Å². The number of nitrogens with one attached hydrogen (secondary N) is 1. The molecule has 2 aromatic carbocycles. The lowest BCUT2D eigenvalue weighted by atomic mass is 9.86. The van der Waals surface area contributed by atoms with Gasteiger partial charge in [0, 0.05) is 60.1 Å². The molecule has 0 spiro atoms. The summed E-state index contributed by atoms with van der Waals surface area (Å²) in [5, 5.41) is 0. The molecular weight excluding hydrogens is 737 g/mol. The summed E-state index contributed by atoms with van der Waals surface area (Å²) in [7, 11) is -7.26. The molecule has 1 unspecified atom stereocenters. The maximum absolute atomic E-state index is 13.3. The number of sulfonamides is 1. The van der Waals surface area contributed by atoms with E-state index in [4.69, 9.17) is 29.4 Å². The SMILES string of the molecule is CCN(CC)c1ccc2c(c1)OC1=CC(N(CC)CC)C=CC1=C2c1ccc(S(=O)(=O)NCCOCCOCCOCCOCCC(N)=O)cc1[SH](=O)=O. The van der Waals surface area contributed by atoms with Crippen molar-refractivity contribution in [2.75, 3.05) is 90.5 Å². The smallest absolute Gasteiger partial charge is 0.240 e. The summed E-state index contributed by atoms with van der Waals surface area (Å²) in [5.74, 6) is 0.807. The molecule has 1 heterocycles. The summed E-state index contributed by atoms with van der Waals surface area (Å²) >= 11 is 0. The number of hydrogen-bond acceptors (Lipinski definition) is 12. The minimum Gasteiger partial charge on any atom is -0.456 e. The summed E-state index contributed by atoms with van der Waals surface area (Å²) in [6.45, 7) is 13.9. The van der Waals surface area contributed by atoms with Crippen molar-refractivity contribution in [1.29, 1.82) is 0 Å². The summed E-state index contributed by atoms with van der Waals surface area (Å²) in [6, 6.07) is 10.1. The lowest BCUT2D eigenvalue weighted by Crippen LogP contribution is -2.34. The second-order valence-electron chi connectivity index (χ2n) is 12.3. The first-order valence-corrected chi connectivity index (χ1v) is 21.0. The van der Waals surface area contributed by atoms with Gasteiger partial charge >= 0.3 is 0 Å². The van der Waals surface area contributed by atoms with Crippen LogP contribution in [0.2, 0.25) is 0 Å². The zero-order chi connectivity index (χ0) is 39.1. The van der Waals surface area contributed by atoms with E-state index in [1.165, 1.54) is 12.1 Å². The lowest BCUT2D eigenvalue weighted by molar-refractivity contribution is -0.119. The number of fused-ring (bicyclic) bond motifs is 2. The van der Waals surface area contributed by atoms with Crippen LogP contribution < -0.4 is 20.1 Å². The van der Waals surface area contributed by atoms with Gasteiger partial charge in [-0.25, -0.2) is 21.6 Å². The van der Waals surface area contributed by atoms with Gasteiger partial charge in [0.05, 0.1) is 68.7 Å². The van der Waals surface area contributed by atoms with Crippen molar-refractivity contribution in [3.8, 4) is 5.75 Å². The molecule has 14 nitrogen and oxygen atoms in total. The number of thiol groups is 1. The molecular formula is C38H54N4O10S2. The molecule has 0 radical (unpaired) electrons. The third-order valence-electron chi connectivity index (χ3n) is 9.03.